The Hall–Kier alpha value is -2.78. The fourth-order valence-electron chi connectivity index (χ4n) is 5.37. The maximum absolute atomic E-state index is 5.30. The Morgan fingerprint density at radius 2 is 1.12 bits per heavy atom. The van der Waals surface area contributed by atoms with Crippen molar-refractivity contribution >= 4 is 66.7 Å². The fraction of sp³-hybridized carbons (Fsp3) is 0.118. The molecule has 6 heteroatoms. The monoisotopic (exact) mass is 626 g/mol. The van der Waals surface area contributed by atoms with Gasteiger partial charge in [-0.2, -0.15) is 0 Å². The molecule has 5 aromatic carbocycles. The van der Waals surface area contributed by atoms with Crippen molar-refractivity contribution in [2.24, 2.45) is 9.98 Å². The summed E-state index contributed by atoms with van der Waals surface area (Å²) in [5, 5.41) is 5.37. The Morgan fingerprint density at radius 1 is 0.625 bits per heavy atom. The molecule has 0 fully saturated rings. The zero-order valence-electron chi connectivity index (χ0n) is 22.4. The fourth-order valence-corrected chi connectivity index (χ4v) is 7.81. The van der Waals surface area contributed by atoms with Gasteiger partial charge in [0, 0.05) is 16.5 Å². The summed E-state index contributed by atoms with van der Waals surface area (Å²) in [6, 6.07) is 41.3. The predicted octanol–water partition coefficient (Wildman–Crippen LogP) is 8.62. The van der Waals surface area contributed by atoms with Gasteiger partial charge in [0.1, 0.15) is 0 Å². The first kappa shape index (κ1) is 28.7. The minimum atomic E-state index is -0.945. The first-order valence-electron chi connectivity index (χ1n) is 13.1. The molecular weight excluding hydrogens is 597 g/mol. The zero-order valence-corrected chi connectivity index (χ0v) is 25.9. The van der Waals surface area contributed by atoms with Crippen molar-refractivity contribution in [2.45, 2.75) is 13.8 Å². The van der Waals surface area contributed by atoms with Crippen molar-refractivity contribution in [2.75, 3.05) is 12.7 Å². The average molecular weight is 627 g/mol. The molecule has 203 valence electrons. The number of aryl methyl sites for hydroxylation is 2. The number of halogens is 2. The molecule has 0 amide bonds. The van der Waals surface area contributed by atoms with E-state index in [1.807, 2.05) is 0 Å². The summed E-state index contributed by atoms with van der Waals surface area (Å²) in [6.07, 6.45) is 1.03. The van der Waals surface area contributed by atoms with Crippen LogP contribution in [-0.2, 0) is 12.9 Å². The number of nitrogens with zero attached hydrogens (tertiary/aromatic N) is 2. The summed E-state index contributed by atoms with van der Waals surface area (Å²) in [6.45, 7) is 5.05. The number of hydrogen-bond acceptors (Lipinski definition) is 2. The Bertz CT molecular complexity index is 1610. The van der Waals surface area contributed by atoms with Crippen LogP contribution in [0.1, 0.15) is 22.3 Å². The molecule has 0 unspecified atom stereocenters. The molecule has 0 saturated heterocycles. The second-order valence-corrected chi connectivity index (χ2v) is 14.0. The van der Waals surface area contributed by atoms with Gasteiger partial charge in [0.05, 0.1) is 48.3 Å². The van der Waals surface area contributed by atoms with Crippen LogP contribution in [-0.4, -0.2) is 24.1 Å². The SMILES string of the molecule is Cc1cccc(C)c1N=C1C(=NCC[PH+](c2ccccc2)c2ccccc2)c2cccc3cccc1c23.[Cl][Co][Cl]. The molecule has 0 aliphatic heterocycles. The minimum absolute atomic E-state index is 0.382. The summed E-state index contributed by atoms with van der Waals surface area (Å²) in [4.78, 5) is 10.6. The first-order valence-corrected chi connectivity index (χ1v) is 17.7. The van der Waals surface area contributed by atoms with Crippen LogP contribution in [0.2, 0.25) is 0 Å². The molecule has 0 saturated carbocycles. The zero-order chi connectivity index (χ0) is 27.9. The Kier molecular flexibility index (Phi) is 9.86. The third kappa shape index (κ3) is 6.25. The van der Waals surface area contributed by atoms with Crippen molar-refractivity contribution in [3.05, 3.63) is 138 Å². The van der Waals surface area contributed by atoms with Crippen LogP contribution in [0.25, 0.3) is 10.8 Å². The van der Waals surface area contributed by atoms with E-state index in [2.05, 4.69) is 129 Å². The van der Waals surface area contributed by atoms with Gasteiger partial charge in [-0.25, -0.2) is 4.99 Å². The Balaban J connectivity index is 0.00000103. The normalized spacial score (nSPS) is 14.2. The van der Waals surface area contributed by atoms with Crippen molar-refractivity contribution in [3.8, 4) is 0 Å². The standard InChI is InChI=1S/C34H29N2P.2ClH.Co/c1-24-12-9-13-25(2)32(24)36-34-30-21-11-15-26-14-10-20-29(31(26)30)33(34)35-22-23-37(27-16-5-3-6-17-27)28-18-7-4-8-19-28;;;/h3-21H,22-23H2,1-2H3;2*1H;/q;;;+2/p-1. The van der Waals surface area contributed by atoms with Crippen LogP contribution in [0.5, 0.6) is 0 Å². The molecule has 0 spiro atoms. The second kappa shape index (κ2) is 13.7. The molecule has 40 heavy (non-hydrogen) atoms. The van der Waals surface area contributed by atoms with E-state index in [0.717, 1.165) is 29.8 Å². The van der Waals surface area contributed by atoms with E-state index in [1.54, 1.807) is 0 Å². The molecule has 0 heterocycles. The average Bonchev–Trinajstić information content (AvgIpc) is 3.28. The van der Waals surface area contributed by atoms with Gasteiger partial charge in [0.2, 0.25) is 0 Å². The summed E-state index contributed by atoms with van der Waals surface area (Å²) in [5.74, 6) is 0. The number of rotatable bonds is 6. The van der Waals surface area contributed by atoms with Crippen LogP contribution in [0.4, 0.5) is 5.69 Å². The number of para-hydroxylation sites is 1. The molecular formula is C34H30Cl2CoN2P+. The number of benzene rings is 5. The van der Waals surface area contributed by atoms with E-state index in [-0.39, 0.29) is 0 Å². The summed E-state index contributed by atoms with van der Waals surface area (Å²) in [5.41, 5.74) is 7.84. The summed E-state index contributed by atoms with van der Waals surface area (Å²) in [7, 11) is 8.52. The van der Waals surface area contributed by atoms with E-state index >= 15 is 0 Å². The quantitative estimate of drug-likeness (QED) is 0.169. The molecule has 0 atom stereocenters. The molecule has 2 nitrogen and oxygen atoms in total. The third-order valence-electron chi connectivity index (χ3n) is 7.18. The topological polar surface area (TPSA) is 24.7 Å². The van der Waals surface area contributed by atoms with Crippen molar-refractivity contribution in [1.29, 1.82) is 0 Å². The molecule has 0 N–H and O–H groups in total. The van der Waals surface area contributed by atoms with Gasteiger partial charge >= 0.3 is 33.2 Å². The molecule has 5 aromatic rings. The van der Waals surface area contributed by atoms with Crippen molar-refractivity contribution < 1.29 is 12.9 Å². The van der Waals surface area contributed by atoms with E-state index in [0.29, 0.717) is 12.9 Å². The molecule has 0 aromatic heterocycles. The van der Waals surface area contributed by atoms with E-state index in [9.17, 15) is 0 Å². The maximum atomic E-state index is 5.30. The van der Waals surface area contributed by atoms with Crippen molar-refractivity contribution in [3.63, 3.8) is 0 Å². The van der Waals surface area contributed by atoms with Crippen LogP contribution in [0.3, 0.4) is 0 Å². The first-order chi connectivity index (χ1) is 19.6. The number of aliphatic imine (C=N–C) groups is 2. The van der Waals surface area contributed by atoms with E-state index < -0.39 is 7.92 Å². The second-order valence-electron chi connectivity index (χ2n) is 9.65. The molecule has 1 aliphatic rings. The number of hydrogen-bond donors (Lipinski definition) is 0. The molecule has 6 rings (SSSR count). The van der Waals surface area contributed by atoms with Gasteiger partial charge in [-0.05, 0) is 54.6 Å². The van der Waals surface area contributed by atoms with Gasteiger partial charge in [0.15, 0.2) is 0 Å². The molecule has 0 bridgehead atoms. The van der Waals surface area contributed by atoms with Gasteiger partial charge in [-0.3, -0.25) is 4.99 Å². The third-order valence-corrected chi connectivity index (χ3v) is 9.96. The van der Waals surface area contributed by atoms with Gasteiger partial charge in [-0.15, -0.1) is 0 Å². The Labute approximate surface area is 252 Å². The van der Waals surface area contributed by atoms with Gasteiger partial charge < -0.3 is 0 Å². The Morgan fingerprint density at radius 3 is 1.68 bits per heavy atom. The van der Waals surface area contributed by atoms with Crippen LogP contribution in [0.15, 0.2) is 125 Å². The van der Waals surface area contributed by atoms with Crippen LogP contribution < -0.4 is 10.6 Å². The predicted molar refractivity (Wildman–Crippen MR) is 175 cm³/mol. The van der Waals surface area contributed by atoms with Crippen LogP contribution in [0, 0.1) is 13.8 Å². The van der Waals surface area contributed by atoms with E-state index in [4.69, 9.17) is 30.3 Å². The van der Waals surface area contributed by atoms with Crippen LogP contribution >= 0.6 is 28.2 Å². The van der Waals surface area contributed by atoms with Crippen molar-refractivity contribution in [1.82, 2.24) is 0 Å². The van der Waals surface area contributed by atoms with Gasteiger partial charge in [-0.1, -0.05) is 91.0 Å². The van der Waals surface area contributed by atoms with Gasteiger partial charge in [0.25, 0.3) is 0 Å². The van der Waals surface area contributed by atoms with E-state index in [1.165, 1.54) is 43.6 Å². The molecule has 1 aliphatic carbocycles. The molecule has 0 radical (unpaired) electrons. The summed E-state index contributed by atoms with van der Waals surface area (Å²) >= 11 is 0.382. The summed E-state index contributed by atoms with van der Waals surface area (Å²) < 4.78 is 0.